The highest BCUT2D eigenvalue weighted by Crippen LogP contribution is 2.25. The minimum Gasteiger partial charge on any atom is -0.497 e. The highest BCUT2D eigenvalue weighted by Gasteiger charge is 2.17. The van der Waals surface area contributed by atoms with Crippen molar-refractivity contribution in [3.63, 3.8) is 0 Å². The van der Waals surface area contributed by atoms with E-state index in [2.05, 4.69) is 16.0 Å². The molecule has 0 bridgehead atoms. The van der Waals surface area contributed by atoms with Gasteiger partial charge in [0.2, 0.25) is 0 Å². The largest absolute Gasteiger partial charge is 0.497 e. The summed E-state index contributed by atoms with van der Waals surface area (Å²) in [6.45, 7) is 1.94. The normalized spacial score (nSPS) is 11.2. The van der Waals surface area contributed by atoms with Gasteiger partial charge in [-0.2, -0.15) is 0 Å². The average molecular weight is 433 g/mol. The van der Waals surface area contributed by atoms with Crippen LogP contribution in [0, 0.1) is 0 Å². The Morgan fingerprint density at radius 3 is 2.22 bits per heavy atom. The fourth-order valence-corrected chi connectivity index (χ4v) is 3.28. The van der Waals surface area contributed by atoms with Crippen molar-refractivity contribution in [3.05, 3.63) is 83.9 Å². The fourth-order valence-electron chi connectivity index (χ4n) is 3.28. The Morgan fingerprint density at radius 1 is 0.875 bits per heavy atom. The van der Waals surface area contributed by atoms with Gasteiger partial charge in [0, 0.05) is 37.2 Å². The molecular weight excluding hydrogens is 404 g/mol. The molecule has 1 atom stereocenters. The molecule has 0 saturated carbocycles. The van der Waals surface area contributed by atoms with E-state index in [-0.39, 0.29) is 11.9 Å². The van der Waals surface area contributed by atoms with E-state index in [1.807, 2.05) is 62.3 Å². The molecule has 3 amide bonds. The van der Waals surface area contributed by atoms with E-state index in [0.29, 0.717) is 22.7 Å². The van der Waals surface area contributed by atoms with Crippen molar-refractivity contribution in [2.45, 2.75) is 13.0 Å². The summed E-state index contributed by atoms with van der Waals surface area (Å²) in [5.41, 5.74) is 3.34. The molecule has 166 valence electrons. The Balaban J connectivity index is 1.76. The number of nitrogens with one attached hydrogen (secondary N) is 3. The summed E-state index contributed by atoms with van der Waals surface area (Å²) in [5, 5.41) is 8.58. The van der Waals surface area contributed by atoms with Gasteiger partial charge >= 0.3 is 6.03 Å². The average Bonchev–Trinajstić information content (AvgIpc) is 2.79. The van der Waals surface area contributed by atoms with Crippen LogP contribution >= 0.6 is 0 Å². The molecule has 0 aliphatic heterocycles. The first-order valence-electron chi connectivity index (χ1n) is 10.3. The zero-order valence-corrected chi connectivity index (χ0v) is 18.7. The summed E-state index contributed by atoms with van der Waals surface area (Å²) in [5.74, 6) is 0.423. The first-order chi connectivity index (χ1) is 15.4. The summed E-state index contributed by atoms with van der Waals surface area (Å²) in [6.07, 6.45) is 0. The first-order valence-corrected chi connectivity index (χ1v) is 10.3. The lowest BCUT2D eigenvalue weighted by atomic mass is 10.1. The zero-order valence-electron chi connectivity index (χ0n) is 18.7. The number of carbonyl (C=O) groups is 2. The van der Waals surface area contributed by atoms with Gasteiger partial charge < -0.3 is 25.6 Å². The second-order valence-electron chi connectivity index (χ2n) is 7.54. The molecule has 3 aromatic rings. The van der Waals surface area contributed by atoms with Crippen molar-refractivity contribution in [1.29, 1.82) is 0 Å². The Morgan fingerprint density at radius 2 is 1.56 bits per heavy atom. The summed E-state index contributed by atoms with van der Waals surface area (Å²) in [4.78, 5) is 27.4. The zero-order chi connectivity index (χ0) is 23.1. The van der Waals surface area contributed by atoms with Crippen LogP contribution in [0.4, 0.5) is 21.9 Å². The molecule has 0 spiro atoms. The third kappa shape index (κ3) is 5.78. The van der Waals surface area contributed by atoms with Crippen LogP contribution in [0.5, 0.6) is 5.75 Å². The third-order valence-corrected chi connectivity index (χ3v) is 4.96. The second-order valence-corrected chi connectivity index (χ2v) is 7.54. The van der Waals surface area contributed by atoms with Crippen LogP contribution in [0.2, 0.25) is 0 Å². The number of urea groups is 1. The van der Waals surface area contributed by atoms with Crippen molar-refractivity contribution < 1.29 is 14.3 Å². The van der Waals surface area contributed by atoms with Gasteiger partial charge in [0.15, 0.2) is 0 Å². The van der Waals surface area contributed by atoms with E-state index in [1.54, 1.807) is 43.5 Å². The van der Waals surface area contributed by atoms with Crippen LogP contribution in [0.15, 0.2) is 72.8 Å². The molecule has 0 aliphatic carbocycles. The molecule has 0 aliphatic rings. The topological polar surface area (TPSA) is 82.7 Å². The van der Waals surface area contributed by atoms with E-state index in [1.165, 1.54) is 0 Å². The van der Waals surface area contributed by atoms with E-state index in [4.69, 9.17) is 4.74 Å². The van der Waals surface area contributed by atoms with Crippen LogP contribution in [-0.4, -0.2) is 33.1 Å². The number of ether oxygens (including phenoxy) is 1. The Bertz CT molecular complexity index is 1080. The Kier molecular flexibility index (Phi) is 7.33. The number of rotatable bonds is 7. The van der Waals surface area contributed by atoms with E-state index >= 15 is 0 Å². The van der Waals surface area contributed by atoms with Crippen LogP contribution in [0.25, 0.3) is 0 Å². The van der Waals surface area contributed by atoms with Crippen molar-refractivity contribution in [2.75, 3.05) is 36.7 Å². The van der Waals surface area contributed by atoms with Gasteiger partial charge in [-0.25, -0.2) is 4.79 Å². The predicted octanol–water partition coefficient (Wildman–Crippen LogP) is 4.90. The van der Waals surface area contributed by atoms with Crippen molar-refractivity contribution in [3.8, 4) is 5.75 Å². The molecule has 3 N–H and O–H groups in total. The molecular formula is C25H28N4O3. The summed E-state index contributed by atoms with van der Waals surface area (Å²) in [6, 6.07) is 21.5. The van der Waals surface area contributed by atoms with Gasteiger partial charge in [0.05, 0.1) is 18.7 Å². The minimum absolute atomic E-state index is 0.160. The highest BCUT2D eigenvalue weighted by molar-refractivity contribution is 6.04. The monoisotopic (exact) mass is 432 g/mol. The Labute approximate surface area is 188 Å². The van der Waals surface area contributed by atoms with E-state index in [0.717, 1.165) is 11.3 Å². The molecule has 0 heterocycles. The maximum Gasteiger partial charge on any atom is 0.323 e. The highest BCUT2D eigenvalue weighted by atomic mass is 16.5. The molecule has 7 heteroatoms. The van der Waals surface area contributed by atoms with Crippen LogP contribution in [0.1, 0.15) is 28.9 Å². The van der Waals surface area contributed by atoms with Gasteiger partial charge in [-0.15, -0.1) is 0 Å². The summed E-state index contributed by atoms with van der Waals surface area (Å²) in [7, 11) is 5.31. The van der Waals surface area contributed by atoms with E-state index < -0.39 is 6.03 Å². The lowest BCUT2D eigenvalue weighted by Crippen LogP contribution is -2.28. The fraction of sp³-hybridized carbons (Fsp3) is 0.200. The second kappa shape index (κ2) is 10.3. The minimum atomic E-state index is -0.417. The number of hydrogen-bond donors (Lipinski definition) is 3. The molecule has 0 saturated heterocycles. The lowest BCUT2D eigenvalue weighted by molar-refractivity contribution is 0.0940. The molecule has 0 radical (unpaired) electrons. The van der Waals surface area contributed by atoms with E-state index in [9.17, 15) is 9.59 Å². The van der Waals surface area contributed by atoms with Crippen LogP contribution < -0.4 is 25.6 Å². The molecule has 3 rings (SSSR count). The molecule has 32 heavy (non-hydrogen) atoms. The molecule has 1 unspecified atom stereocenters. The number of amides is 3. The third-order valence-electron chi connectivity index (χ3n) is 4.96. The number of carbonyl (C=O) groups excluding carboxylic acids is 2. The maximum absolute atomic E-state index is 13.1. The molecule has 0 fully saturated rings. The first kappa shape index (κ1) is 22.7. The number of methoxy groups -OCH3 is 1. The van der Waals surface area contributed by atoms with Gasteiger partial charge in [0.1, 0.15) is 5.75 Å². The van der Waals surface area contributed by atoms with Gasteiger partial charge in [0.25, 0.3) is 5.91 Å². The quantitative estimate of drug-likeness (QED) is 0.496. The molecule has 0 aromatic heterocycles. The smallest absolute Gasteiger partial charge is 0.323 e. The van der Waals surface area contributed by atoms with Gasteiger partial charge in [-0.05, 0) is 42.8 Å². The lowest BCUT2D eigenvalue weighted by Gasteiger charge is -2.20. The van der Waals surface area contributed by atoms with Crippen molar-refractivity contribution in [1.82, 2.24) is 5.32 Å². The van der Waals surface area contributed by atoms with Gasteiger partial charge in [-0.3, -0.25) is 4.79 Å². The maximum atomic E-state index is 13.1. The summed E-state index contributed by atoms with van der Waals surface area (Å²) >= 11 is 0. The number of anilines is 3. The molecule has 3 aromatic carbocycles. The summed E-state index contributed by atoms with van der Waals surface area (Å²) < 4.78 is 5.18. The van der Waals surface area contributed by atoms with Crippen LogP contribution in [0.3, 0.4) is 0 Å². The standard InChI is InChI=1S/C25H28N4O3/c1-17(18-9-6-5-7-10-18)26-24(30)22-16-20(13-14-23(22)29(2)3)28-25(31)27-19-11-8-12-21(15-19)32-4/h5-17H,1-4H3,(H,26,30)(H2,27,28,31). The number of benzene rings is 3. The predicted molar refractivity (Wildman–Crippen MR) is 129 cm³/mol. The molecule has 7 nitrogen and oxygen atoms in total. The van der Waals surface area contributed by atoms with Crippen molar-refractivity contribution >= 4 is 29.0 Å². The SMILES string of the molecule is COc1cccc(NC(=O)Nc2ccc(N(C)C)c(C(=O)NC(C)c3ccccc3)c2)c1. The van der Waals surface area contributed by atoms with Gasteiger partial charge in [-0.1, -0.05) is 36.4 Å². The van der Waals surface area contributed by atoms with Crippen molar-refractivity contribution in [2.24, 2.45) is 0 Å². The number of nitrogens with zero attached hydrogens (tertiary/aromatic N) is 1. The Hall–Kier alpha value is -4.00. The number of hydrogen-bond acceptors (Lipinski definition) is 4. The van der Waals surface area contributed by atoms with Crippen LogP contribution in [-0.2, 0) is 0 Å².